The van der Waals surface area contributed by atoms with E-state index in [1.165, 1.54) is 5.56 Å². The minimum Gasteiger partial charge on any atom is -0.486 e. The molecule has 0 bridgehead atoms. The van der Waals surface area contributed by atoms with Crippen LogP contribution in [0.3, 0.4) is 0 Å². The Morgan fingerprint density at radius 2 is 1.70 bits per heavy atom. The number of fused-ring (bicyclic) bond motifs is 1. The zero-order valence-corrected chi connectivity index (χ0v) is 17.5. The van der Waals surface area contributed by atoms with Gasteiger partial charge in [-0.1, -0.05) is 54.2 Å². The molecule has 30 heavy (non-hydrogen) atoms. The van der Waals surface area contributed by atoms with E-state index in [1.807, 2.05) is 30.3 Å². The molecular weight excluding hydrogens is 400 g/mol. The summed E-state index contributed by atoms with van der Waals surface area (Å²) in [7, 11) is 0. The number of rotatable bonds is 6. The van der Waals surface area contributed by atoms with Crippen LogP contribution in [-0.2, 0) is 11.3 Å². The third-order valence-electron chi connectivity index (χ3n) is 5.14. The van der Waals surface area contributed by atoms with Crippen molar-refractivity contribution in [3.63, 3.8) is 0 Å². The third-order valence-corrected chi connectivity index (χ3v) is 6.24. The normalized spacial score (nSPS) is 18.4. The first-order valence-electron chi connectivity index (χ1n) is 10.2. The fourth-order valence-corrected chi connectivity index (χ4v) is 4.50. The third kappa shape index (κ3) is 4.24. The average molecular weight is 425 g/mol. The molecular formula is C22H24N4O3S. The molecule has 1 atom stereocenters. The standard InChI is InChI=1S/C22H24N4O3S/c1-2-6-17(7-3-1)14-26-21(25-10-12-27-13-11-25)23-24-22(26)30-16-18-15-28-19-8-4-5-9-20(19)29-18/h1-9,18H,10-16H2/t18-/m0/s1. The van der Waals surface area contributed by atoms with Crippen molar-refractivity contribution in [2.45, 2.75) is 17.8 Å². The topological polar surface area (TPSA) is 61.6 Å². The first-order chi connectivity index (χ1) is 14.9. The molecule has 0 unspecified atom stereocenters. The number of benzene rings is 2. The lowest BCUT2D eigenvalue weighted by atomic mass is 10.2. The van der Waals surface area contributed by atoms with Crippen LogP contribution >= 0.6 is 11.8 Å². The number of nitrogens with zero attached hydrogens (tertiary/aromatic N) is 4. The quantitative estimate of drug-likeness (QED) is 0.564. The van der Waals surface area contributed by atoms with Crippen LogP contribution in [-0.4, -0.2) is 59.5 Å². The van der Waals surface area contributed by atoms with E-state index in [9.17, 15) is 0 Å². The molecule has 0 saturated carbocycles. The molecule has 3 aromatic rings. The van der Waals surface area contributed by atoms with Gasteiger partial charge in [-0.15, -0.1) is 10.2 Å². The molecule has 7 nitrogen and oxygen atoms in total. The highest BCUT2D eigenvalue weighted by atomic mass is 32.2. The summed E-state index contributed by atoms with van der Waals surface area (Å²) in [5, 5.41) is 9.93. The summed E-state index contributed by atoms with van der Waals surface area (Å²) in [5.74, 6) is 3.25. The number of hydrogen-bond acceptors (Lipinski definition) is 7. The molecule has 1 aromatic heterocycles. The Kier molecular flexibility index (Phi) is 5.76. The molecule has 0 amide bonds. The van der Waals surface area contributed by atoms with Gasteiger partial charge in [-0.25, -0.2) is 0 Å². The SMILES string of the molecule is c1ccc(Cn2c(SC[C@@H]3COc4ccccc4O3)nnc2N2CCOCC2)cc1. The fraction of sp³-hybridized carbons (Fsp3) is 0.364. The molecule has 0 N–H and O–H groups in total. The van der Waals surface area contributed by atoms with Crippen molar-refractivity contribution in [3.05, 3.63) is 60.2 Å². The lowest BCUT2D eigenvalue weighted by molar-refractivity contribution is 0.107. The maximum atomic E-state index is 6.10. The Bertz CT molecular complexity index is 976. The first-order valence-corrected chi connectivity index (χ1v) is 11.2. The van der Waals surface area contributed by atoms with E-state index in [2.05, 4.69) is 43.9 Å². The number of thioether (sulfide) groups is 1. The largest absolute Gasteiger partial charge is 0.486 e. The van der Waals surface area contributed by atoms with Gasteiger partial charge >= 0.3 is 0 Å². The Hall–Kier alpha value is -2.71. The Morgan fingerprint density at radius 1 is 0.933 bits per heavy atom. The lowest BCUT2D eigenvalue weighted by Gasteiger charge is -2.28. The smallest absolute Gasteiger partial charge is 0.228 e. The summed E-state index contributed by atoms with van der Waals surface area (Å²) in [4.78, 5) is 2.25. The van der Waals surface area contributed by atoms with Gasteiger partial charge in [-0.2, -0.15) is 0 Å². The summed E-state index contributed by atoms with van der Waals surface area (Å²) in [6.45, 7) is 4.35. The Labute approximate surface area is 180 Å². The molecule has 1 fully saturated rings. The van der Waals surface area contributed by atoms with Gasteiger partial charge in [0.25, 0.3) is 0 Å². The molecule has 0 spiro atoms. The van der Waals surface area contributed by atoms with Crippen LogP contribution in [0.4, 0.5) is 5.95 Å². The lowest BCUT2D eigenvalue weighted by Crippen LogP contribution is -2.38. The highest BCUT2D eigenvalue weighted by Crippen LogP contribution is 2.33. The summed E-state index contributed by atoms with van der Waals surface area (Å²) in [6, 6.07) is 18.2. The molecule has 0 radical (unpaired) electrons. The summed E-state index contributed by atoms with van der Waals surface area (Å²) in [5.41, 5.74) is 1.22. The number of ether oxygens (including phenoxy) is 3. The Morgan fingerprint density at radius 3 is 2.53 bits per heavy atom. The van der Waals surface area contributed by atoms with E-state index in [-0.39, 0.29) is 6.10 Å². The van der Waals surface area contributed by atoms with Gasteiger partial charge in [0.05, 0.1) is 19.8 Å². The van der Waals surface area contributed by atoms with Gasteiger partial charge in [0.2, 0.25) is 5.95 Å². The predicted molar refractivity (Wildman–Crippen MR) is 116 cm³/mol. The molecule has 2 aromatic carbocycles. The van der Waals surface area contributed by atoms with E-state index in [0.717, 1.165) is 48.0 Å². The fourth-order valence-electron chi connectivity index (χ4n) is 3.60. The zero-order valence-electron chi connectivity index (χ0n) is 16.6. The van der Waals surface area contributed by atoms with Gasteiger partial charge < -0.3 is 19.1 Å². The second kappa shape index (κ2) is 8.97. The van der Waals surface area contributed by atoms with Crippen molar-refractivity contribution in [1.29, 1.82) is 0 Å². The van der Waals surface area contributed by atoms with E-state index < -0.39 is 0 Å². The van der Waals surface area contributed by atoms with E-state index in [0.29, 0.717) is 19.8 Å². The molecule has 2 aliphatic heterocycles. The van der Waals surface area contributed by atoms with Crippen LogP contribution in [0, 0.1) is 0 Å². The summed E-state index contributed by atoms with van der Waals surface area (Å²) in [6.07, 6.45) is -0.0291. The van der Waals surface area contributed by atoms with Crippen LogP contribution in [0.25, 0.3) is 0 Å². The second-order valence-corrected chi connectivity index (χ2v) is 8.25. The molecule has 156 valence electrons. The van der Waals surface area contributed by atoms with Gasteiger partial charge in [0.1, 0.15) is 12.7 Å². The number of morpholine rings is 1. The van der Waals surface area contributed by atoms with Gasteiger partial charge in [0, 0.05) is 18.8 Å². The van der Waals surface area contributed by atoms with E-state index in [1.54, 1.807) is 11.8 Å². The van der Waals surface area contributed by atoms with Gasteiger partial charge in [-0.05, 0) is 17.7 Å². The highest BCUT2D eigenvalue weighted by molar-refractivity contribution is 7.99. The van der Waals surface area contributed by atoms with Crippen LogP contribution in [0.15, 0.2) is 59.8 Å². The van der Waals surface area contributed by atoms with Crippen LogP contribution < -0.4 is 14.4 Å². The predicted octanol–water partition coefficient (Wildman–Crippen LogP) is 3.10. The number of aromatic nitrogens is 3. The second-order valence-electron chi connectivity index (χ2n) is 7.26. The molecule has 0 aliphatic carbocycles. The van der Waals surface area contributed by atoms with Crippen LogP contribution in [0.1, 0.15) is 5.56 Å². The Balaban J connectivity index is 1.33. The van der Waals surface area contributed by atoms with Crippen LogP contribution in [0.5, 0.6) is 11.5 Å². The number of para-hydroxylation sites is 2. The molecule has 1 saturated heterocycles. The average Bonchev–Trinajstić information content (AvgIpc) is 3.21. The number of anilines is 1. The van der Waals surface area contributed by atoms with Crippen molar-refractivity contribution in [2.24, 2.45) is 0 Å². The summed E-state index contributed by atoms with van der Waals surface area (Å²) >= 11 is 1.66. The van der Waals surface area contributed by atoms with Gasteiger partial charge in [-0.3, -0.25) is 4.57 Å². The van der Waals surface area contributed by atoms with Crippen molar-refractivity contribution >= 4 is 17.7 Å². The first kappa shape index (κ1) is 19.3. The van der Waals surface area contributed by atoms with Gasteiger partial charge in [0.15, 0.2) is 16.7 Å². The van der Waals surface area contributed by atoms with Crippen molar-refractivity contribution in [3.8, 4) is 11.5 Å². The summed E-state index contributed by atoms with van der Waals surface area (Å²) < 4.78 is 19.7. The zero-order chi connectivity index (χ0) is 20.2. The molecule has 5 rings (SSSR count). The van der Waals surface area contributed by atoms with Crippen molar-refractivity contribution < 1.29 is 14.2 Å². The minimum atomic E-state index is -0.0291. The van der Waals surface area contributed by atoms with Crippen molar-refractivity contribution in [2.75, 3.05) is 43.6 Å². The van der Waals surface area contributed by atoms with Crippen LogP contribution in [0.2, 0.25) is 0 Å². The molecule has 8 heteroatoms. The highest BCUT2D eigenvalue weighted by Gasteiger charge is 2.24. The molecule has 2 aliphatic rings. The maximum absolute atomic E-state index is 6.10. The van der Waals surface area contributed by atoms with Crippen molar-refractivity contribution in [1.82, 2.24) is 14.8 Å². The minimum absolute atomic E-state index is 0.0291. The monoisotopic (exact) mass is 424 g/mol. The maximum Gasteiger partial charge on any atom is 0.228 e. The number of hydrogen-bond donors (Lipinski definition) is 0. The molecule has 3 heterocycles. The van der Waals surface area contributed by atoms with E-state index >= 15 is 0 Å². The van der Waals surface area contributed by atoms with E-state index in [4.69, 9.17) is 14.2 Å².